The van der Waals surface area contributed by atoms with E-state index in [1.807, 2.05) is 31.4 Å². The number of hydrogen-bond acceptors (Lipinski definition) is 2. The van der Waals surface area contributed by atoms with Crippen molar-refractivity contribution in [1.82, 2.24) is 5.32 Å². The monoisotopic (exact) mass is 327 g/mol. The van der Waals surface area contributed by atoms with Crippen LogP contribution in [0.5, 0.6) is 0 Å². The molecule has 6 heteroatoms. The number of hydrogen-bond donors (Lipinski definition) is 1. The molecule has 0 aliphatic heterocycles. The van der Waals surface area contributed by atoms with Crippen molar-refractivity contribution < 1.29 is 18.0 Å². The van der Waals surface area contributed by atoms with Gasteiger partial charge in [-0.15, -0.1) is 11.3 Å². The fourth-order valence-electron chi connectivity index (χ4n) is 2.18. The molecule has 0 saturated heterocycles. The van der Waals surface area contributed by atoms with Gasteiger partial charge in [-0.3, -0.25) is 4.79 Å². The van der Waals surface area contributed by atoms with E-state index in [2.05, 4.69) is 5.32 Å². The predicted molar refractivity (Wildman–Crippen MR) is 80.8 cm³/mol. The summed E-state index contributed by atoms with van der Waals surface area (Å²) in [7, 11) is 0. The van der Waals surface area contributed by atoms with Gasteiger partial charge in [0.05, 0.1) is 17.2 Å². The highest BCUT2D eigenvalue weighted by Crippen LogP contribution is 2.32. The standard InChI is InChI=1S/C16H16F3NOS/c1-10(2)14(13-8-5-9-22-13)20-15(21)11-6-3-4-7-12(11)16(17,18)19/h3-10,14H,1-2H3,(H,20,21). The van der Waals surface area contributed by atoms with Gasteiger partial charge in [0, 0.05) is 4.88 Å². The van der Waals surface area contributed by atoms with Gasteiger partial charge in [-0.1, -0.05) is 32.0 Å². The summed E-state index contributed by atoms with van der Waals surface area (Å²) in [5.74, 6) is -0.638. The van der Waals surface area contributed by atoms with Crippen LogP contribution < -0.4 is 5.32 Å². The smallest absolute Gasteiger partial charge is 0.344 e. The van der Waals surface area contributed by atoms with Crippen LogP contribution in [-0.4, -0.2) is 5.91 Å². The summed E-state index contributed by atoms with van der Waals surface area (Å²) in [6.07, 6.45) is -4.55. The van der Waals surface area contributed by atoms with Crippen LogP contribution in [0.25, 0.3) is 0 Å². The summed E-state index contributed by atoms with van der Waals surface area (Å²) in [4.78, 5) is 13.2. The second-order valence-corrected chi connectivity index (χ2v) is 6.23. The lowest BCUT2D eigenvalue weighted by Gasteiger charge is -2.22. The minimum Gasteiger partial charge on any atom is -0.344 e. The Bertz CT molecular complexity index is 635. The van der Waals surface area contributed by atoms with Crippen molar-refractivity contribution in [2.45, 2.75) is 26.1 Å². The summed E-state index contributed by atoms with van der Waals surface area (Å²) < 4.78 is 39.0. The molecule has 0 aliphatic rings. The van der Waals surface area contributed by atoms with E-state index in [1.54, 1.807) is 0 Å². The van der Waals surface area contributed by atoms with E-state index < -0.39 is 17.6 Å². The molecule has 2 nitrogen and oxygen atoms in total. The predicted octanol–water partition coefficient (Wildman–Crippen LogP) is 4.89. The van der Waals surface area contributed by atoms with Crippen molar-refractivity contribution in [3.8, 4) is 0 Å². The van der Waals surface area contributed by atoms with Crippen LogP contribution in [0.3, 0.4) is 0 Å². The molecule has 0 spiro atoms. The molecule has 1 N–H and O–H groups in total. The first kappa shape index (κ1) is 16.5. The molecular weight excluding hydrogens is 311 g/mol. The average molecular weight is 327 g/mol. The molecule has 1 amide bonds. The van der Waals surface area contributed by atoms with Crippen molar-refractivity contribution in [3.05, 3.63) is 57.8 Å². The number of carbonyl (C=O) groups is 1. The van der Waals surface area contributed by atoms with Crippen LogP contribution in [0.2, 0.25) is 0 Å². The maximum absolute atomic E-state index is 13.0. The van der Waals surface area contributed by atoms with E-state index in [4.69, 9.17) is 0 Å². The number of nitrogens with one attached hydrogen (secondary N) is 1. The molecule has 118 valence electrons. The molecule has 0 aliphatic carbocycles. The molecule has 2 rings (SSSR count). The minimum atomic E-state index is -4.55. The van der Waals surface area contributed by atoms with E-state index in [0.717, 1.165) is 10.9 Å². The van der Waals surface area contributed by atoms with Crippen LogP contribution in [0.4, 0.5) is 13.2 Å². The Hall–Kier alpha value is -1.82. The van der Waals surface area contributed by atoms with Crippen molar-refractivity contribution in [2.75, 3.05) is 0 Å². The Morgan fingerprint density at radius 3 is 2.36 bits per heavy atom. The fraction of sp³-hybridized carbons (Fsp3) is 0.312. The minimum absolute atomic E-state index is 0.0700. The Balaban J connectivity index is 2.29. The summed E-state index contributed by atoms with van der Waals surface area (Å²) in [5.41, 5.74) is -1.27. The second kappa shape index (κ2) is 6.52. The zero-order valence-electron chi connectivity index (χ0n) is 12.1. The van der Waals surface area contributed by atoms with Gasteiger partial charge in [-0.25, -0.2) is 0 Å². The van der Waals surface area contributed by atoms with Gasteiger partial charge in [-0.2, -0.15) is 13.2 Å². The van der Waals surface area contributed by atoms with E-state index in [0.29, 0.717) is 0 Å². The molecule has 1 atom stereocenters. The Morgan fingerprint density at radius 1 is 1.14 bits per heavy atom. The normalized spacial score (nSPS) is 13.2. The van der Waals surface area contributed by atoms with Crippen LogP contribution in [0.15, 0.2) is 41.8 Å². The van der Waals surface area contributed by atoms with Crippen molar-refractivity contribution in [2.24, 2.45) is 5.92 Å². The molecule has 0 saturated carbocycles. The maximum atomic E-state index is 13.0. The largest absolute Gasteiger partial charge is 0.417 e. The van der Waals surface area contributed by atoms with Gasteiger partial charge in [0.25, 0.3) is 5.91 Å². The number of thiophene rings is 1. The SMILES string of the molecule is CC(C)C(NC(=O)c1ccccc1C(F)(F)F)c1cccs1. The van der Waals surface area contributed by atoms with Crippen molar-refractivity contribution >= 4 is 17.2 Å². The molecule has 1 aromatic heterocycles. The van der Waals surface area contributed by atoms with Gasteiger partial charge >= 0.3 is 6.18 Å². The topological polar surface area (TPSA) is 29.1 Å². The number of halogens is 3. The highest BCUT2D eigenvalue weighted by Gasteiger charge is 2.35. The molecule has 0 bridgehead atoms. The first-order valence-corrected chi connectivity index (χ1v) is 7.69. The van der Waals surface area contributed by atoms with E-state index in [9.17, 15) is 18.0 Å². The first-order chi connectivity index (χ1) is 10.3. The highest BCUT2D eigenvalue weighted by atomic mass is 32.1. The third kappa shape index (κ3) is 3.68. The molecular formula is C16H16F3NOS. The number of carbonyl (C=O) groups excluding carboxylic acids is 1. The third-order valence-electron chi connectivity index (χ3n) is 3.28. The Kier molecular flexibility index (Phi) is 4.90. The average Bonchev–Trinajstić information content (AvgIpc) is 2.97. The second-order valence-electron chi connectivity index (χ2n) is 5.25. The molecule has 1 unspecified atom stereocenters. The lowest BCUT2D eigenvalue weighted by Crippen LogP contribution is -2.32. The molecule has 0 radical (unpaired) electrons. The van der Waals surface area contributed by atoms with Gasteiger partial charge < -0.3 is 5.32 Å². The summed E-state index contributed by atoms with van der Waals surface area (Å²) in [6, 6.07) is 8.23. The van der Waals surface area contributed by atoms with Crippen LogP contribution in [0, 0.1) is 5.92 Å². The summed E-state index contributed by atoms with van der Waals surface area (Å²) >= 11 is 1.47. The van der Waals surface area contributed by atoms with Gasteiger partial charge in [-0.05, 0) is 29.5 Å². The maximum Gasteiger partial charge on any atom is 0.417 e. The molecule has 1 aromatic carbocycles. The third-order valence-corrected chi connectivity index (χ3v) is 4.24. The van der Waals surface area contributed by atoms with Crippen LogP contribution in [0.1, 0.15) is 40.7 Å². The lowest BCUT2D eigenvalue weighted by atomic mass is 10.0. The Labute approximate surface area is 131 Å². The zero-order chi connectivity index (χ0) is 16.3. The number of rotatable bonds is 4. The summed E-state index contributed by atoms with van der Waals surface area (Å²) in [5, 5.41) is 4.59. The van der Waals surface area contributed by atoms with E-state index in [-0.39, 0.29) is 17.5 Å². The fourth-order valence-corrected chi connectivity index (χ4v) is 3.13. The number of amides is 1. The van der Waals surface area contributed by atoms with Crippen LogP contribution >= 0.6 is 11.3 Å². The number of benzene rings is 1. The first-order valence-electron chi connectivity index (χ1n) is 6.81. The number of alkyl halides is 3. The molecule has 2 aromatic rings. The lowest BCUT2D eigenvalue weighted by molar-refractivity contribution is -0.137. The van der Waals surface area contributed by atoms with Crippen LogP contribution in [-0.2, 0) is 6.18 Å². The van der Waals surface area contributed by atoms with E-state index in [1.165, 1.54) is 29.5 Å². The zero-order valence-corrected chi connectivity index (χ0v) is 13.0. The highest BCUT2D eigenvalue weighted by molar-refractivity contribution is 7.10. The molecule has 22 heavy (non-hydrogen) atoms. The molecule has 0 fully saturated rings. The summed E-state index contributed by atoms with van der Waals surface area (Å²) in [6.45, 7) is 3.83. The Morgan fingerprint density at radius 2 is 1.82 bits per heavy atom. The van der Waals surface area contributed by atoms with Gasteiger partial charge in [0.2, 0.25) is 0 Å². The van der Waals surface area contributed by atoms with Crippen molar-refractivity contribution in [1.29, 1.82) is 0 Å². The van der Waals surface area contributed by atoms with Gasteiger partial charge in [0.15, 0.2) is 0 Å². The van der Waals surface area contributed by atoms with E-state index >= 15 is 0 Å². The molecule has 1 heterocycles. The van der Waals surface area contributed by atoms with Gasteiger partial charge in [0.1, 0.15) is 0 Å². The quantitative estimate of drug-likeness (QED) is 0.851. The van der Waals surface area contributed by atoms with Crippen molar-refractivity contribution in [3.63, 3.8) is 0 Å².